The molecule has 0 bridgehead atoms. The van der Waals surface area contributed by atoms with Gasteiger partial charge in [0, 0.05) is 5.69 Å². The van der Waals surface area contributed by atoms with E-state index in [2.05, 4.69) is 10.6 Å². The lowest BCUT2D eigenvalue weighted by Crippen LogP contribution is -2.45. The summed E-state index contributed by atoms with van der Waals surface area (Å²) in [5.41, 5.74) is 0.858. The zero-order valence-corrected chi connectivity index (χ0v) is 9.61. The summed E-state index contributed by atoms with van der Waals surface area (Å²) in [5, 5.41) is 21.8. The summed E-state index contributed by atoms with van der Waals surface area (Å²) in [7, 11) is 0. The molecular weight excluding hydrogens is 243 g/mol. The molecule has 0 aromatic heterocycles. The van der Waals surface area contributed by atoms with Crippen LogP contribution in [-0.4, -0.2) is 34.9 Å². The first-order chi connectivity index (χ1) is 8.43. The van der Waals surface area contributed by atoms with Crippen LogP contribution < -0.4 is 10.6 Å². The highest BCUT2D eigenvalue weighted by Gasteiger charge is 2.18. The van der Waals surface area contributed by atoms with Gasteiger partial charge in [-0.25, -0.2) is 14.0 Å². The van der Waals surface area contributed by atoms with Crippen molar-refractivity contribution < 1.29 is 24.2 Å². The molecule has 2 amide bonds. The number of anilines is 1. The second kappa shape index (κ2) is 5.97. The molecule has 0 unspecified atom stereocenters. The van der Waals surface area contributed by atoms with E-state index in [9.17, 15) is 14.0 Å². The second-order valence-corrected chi connectivity index (χ2v) is 3.63. The van der Waals surface area contributed by atoms with Gasteiger partial charge < -0.3 is 20.8 Å². The van der Waals surface area contributed by atoms with Crippen molar-refractivity contribution in [1.82, 2.24) is 5.32 Å². The largest absolute Gasteiger partial charge is 0.480 e. The smallest absolute Gasteiger partial charge is 0.328 e. The Labute approximate surface area is 102 Å². The molecule has 98 valence electrons. The predicted octanol–water partition coefficient (Wildman–Crippen LogP) is 0.701. The van der Waals surface area contributed by atoms with Crippen LogP contribution in [-0.2, 0) is 4.79 Å². The molecule has 7 heteroatoms. The van der Waals surface area contributed by atoms with Gasteiger partial charge in [0.1, 0.15) is 5.82 Å². The van der Waals surface area contributed by atoms with Crippen molar-refractivity contribution in [2.45, 2.75) is 13.0 Å². The molecule has 0 aliphatic heterocycles. The number of hydrogen-bond acceptors (Lipinski definition) is 3. The molecule has 0 heterocycles. The topological polar surface area (TPSA) is 98.7 Å². The average Bonchev–Trinajstić information content (AvgIpc) is 2.29. The van der Waals surface area contributed by atoms with Gasteiger partial charge in [-0.05, 0) is 30.7 Å². The number of aliphatic hydroxyl groups is 1. The molecule has 4 N–H and O–H groups in total. The summed E-state index contributed by atoms with van der Waals surface area (Å²) in [5.74, 6) is -1.78. The highest BCUT2D eigenvalue weighted by Crippen LogP contribution is 2.15. The third kappa shape index (κ3) is 3.70. The molecule has 1 aromatic carbocycles. The number of carbonyl (C=O) groups is 2. The van der Waals surface area contributed by atoms with E-state index in [4.69, 9.17) is 10.2 Å². The van der Waals surface area contributed by atoms with Gasteiger partial charge in [-0.1, -0.05) is 0 Å². The monoisotopic (exact) mass is 256 g/mol. The molecule has 0 saturated carbocycles. The van der Waals surface area contributed by atoms with Gasteiger partial charge in [0.05, 0.1) is 6.61 Å². The SMILES string of the molecule is Cc1cc(F)ccc1NC(=O)N[C@H](CO)C(=O)O. The molecule has 0 radical (unpaired) electrons. The standard InChI is InChI=1S/C11H13FN2O4/c1-6-4-7(12)2-3-8(6)13-11(18)14-9(5-15)10(16)17/h2-4,9,15H,5H2,1H3,(H,16,17)(H2,13,14,18)/t9-/m1/s1. The Morgan fingerprint density at radius 3 is 2.61 bits per heavy atom. The van der Waals surface area contributed by atoms with Gasteiger partial charge >= 0.3 is 12.0 Å². The Hall–Kier alpha value is -2.15. The number of carbonyl (C=O) groups excluding carboxylic acids is 1. The van der Waals surface area contributed by atoms with Crippen molar-refractivity contribution in [2.24, 2.45) is 0 Å². The first-order valence-electron chi connectivity index (χ1n) is 5.11. The number of halogens is 1. The zero-order chi connectivity index (χ0) is 13.7. The number of hydrogen-bond donors (Lipinski definition) is 4. The molecule has 18 heavy (non-hydrogen) atoms. The van der Waals surface area contributed by atoms with E-state index >= 15 is 0 Å². The van der Waals surface area contributed by atoms with Gasteiger partial charge in [0.25, 0.3) is 0 Å². The minimum atomic E-state index is -1.38. The van der Waals surface area contributed by atoms with Crippen molar-refractivity contribution in [1.29, 1.82) is 0 Å². The molecule has 1 rings (SSSR count). The van der Waals surface area contributed by atoms with Crippen molar-refractivity contribution in [2.75, 3.05) is 11.9 Å². The van der Waals surface area contributed by atoms with Gasteiger partial charge in [-0.15, -0.1) is 0 Å². The summed E-state index contributed by atoms with van der Waals surface area (Å²) in [6, 6.07) is 1.59. The van der Waals surface area contributed by atoms with E-state index in [1.807, 2.05) is 0 Å². The molecule has 0 aliphatic carbocycles. The molecule has 0 saturated heterocycles. The van der Waals surface area contributed by atoms with Gasteiger partial charge in [-0.3, -0.25) is 0 Å². The number of aliphatic carboxylic acids is 1. The molecular formula is C11H13FN2O4. The number of rotatable bonds is 4. The fourth-order valence-electron chi connectivity index (χ4n) is 1.27. The van der Waals surface area contributed by atoms with E-state index in [0.717, 1.165) is 0 Å². The maximum Gasteiger partial charge on any atom is 0.328 e. The molecule has 1 atom stereocenters. The van der Waals surface area contributed by atoms with Crippen molar-refractivity contribution in [3.05, 3.63) is 29.6 Å². The van der Waals surface area contributed by atoms with E-state index in [1.54, 1.807) is 6.92 Å². The number of carboxylic acids is 1. The summed E-state index contributed by atoms with van der Waals surface area (Å²) in [6.45, 7) is 0.880. The quantitative estimate of drug-likeness (QED) is 0.637. The van der Waals surface area contributed by atoms with Gasteiger partial charge in [0.2, 0.25) is 0 Å². The minimum absolute atomic E-state index is 0.357. The highest BCUT2D eigenvalue weighted by molar-refractivity contribution is 5.92. The maximum atomic E-state index is 12.8. The van der Waals surface area contributed by atoms with Crippen LogP contribution in [0.15, 0.2) is 18.2 Å². The Balaban J connectivity index is 2.67. The van der Waals surface area contributed by atoms with Crippen LogP contribution in [0.1, 0.15) is 5.56 Å². The first-order valence-corrected chi connectivity index (χ1v) is 5.11. The summed E-state index contributed by atoms with van der Waals surface area (Å²) in [4.78, 5) is 22.0. The lowest BCUT2D eigenvalue weighted by molar-refractivity contribution is -0.140. The van der Waals surface area contributed by atoms with Crippen LogP contribution in [0.2, 0.25) is 0 Å². The highest BCUT2D eigenvalue weighted by atomic mass is 19.1. The van der Waals surface area contributed by atoms with Crippen LogP contribution in [0.25, 0.3) is 0 Å². The lowest BCUT2D eigenvalue weighted by Gasteiger charge is -2.13. The minimum Gasteiger partial charge on any atom is -0.480 e. The van der Waals surface area contributed by atoms with Crippen LogP contribution in [0, 0.1) is 12.7 Å². The molecule has 1 aromatic rings. The van der Waals surface area contributed by atoms with Crippen molar-refractivity contribution in [3.8, 4) is 0 Å². The van der Waals surface area contributed by atoms with Crippen LogP contribution >= 0.6 is 0 Å². The maximum absolute atomic E-state index is 12.8. The van der Waals surface area contributed by atoms with Crippen LogP contribution in [0.3, 0.4) is 0 Å². The fraction of sp³-hybridized carbons (Fsp3) is 0.273. The number of benzene rings is 1. The zero-order valence-electron chi connectivity index (χ0n) is 9.61. The average molecular weight is 256 g/mol. The number of amides is 2. The number of aliphatic hydroxyl groups excluding tert-OH is 1. The number of aryl methyl sites for hydroxylation is 1. The third-order valence-electron chi connectivity index (χ3n) is 2.22. The summed E-state index contributed by atoms with van der Waals surface area (Å²) >= 11 is 0. The van der Waals surface area contributed by atoms with Crippen molar-refractivity contribution >= 4 is 17.7 Å². The Bertz CT molecular complexity index is 464. The van der Waals surface area contributed by atoms with Gasteiger partial charge in [-0.2, -0.15) is 0 Å². The van der Waals surface area contributed by atoms with E-state index < -0.39 is 30.5 Å². The number of nitrogens with one attached hydrogen (secondary N) is 2. The van der Waals surface area contributed by atoms with Crippen LogP contribution in [0.4, 0.5) is 14.9 Å². The molecule has 0 aliphatic rings. The lowest BCUT2D eigenvalue weighted by atomic mass is 10.2. The fourth-order valence-corrected chi connectivity index (χ4v) is 1.27. The van der Waals surface area contributed by atoms with E-state index in [1.165, 1.54) is 18.2 Å². The first kappa shape index (κ1) is 13.9. The Morgan fingerprint density at radius 2 is 2.11 bits per heavy atom. The Kier molecular flexibility index (Phi) is 4.61. The summed E-state index contributed by atoms with van der Waals surface area (Å²) in [6.07, 6.45) is 0. The van der Waals surface area contributed by atoms with E-state index in [0.29, 0.717) is 11.3 Å². The predicted molar refractivity (Wildman–Crippen MR) is 61.8 cm³/mol. The number of carboxylic acid groups (broad SMARTS) is 1. The van der Waals surface area contributed by atoms with Gasteiger partial charge in [0.15, 0.2) is 6.04 Å². The summed E-state index contributed by atoms with van der Waals surface area (Å²) < 4.78 is 12.8. The second-order valence-electron chi connectivity index (χ2n) is 3.63. The molecule has 0 fully saturated rings. The molecule has 6 nitrogen and oxygen atoms in total. The van der Waals surface area contributed by atoms with Crippen LogP contribution in [0.5, 0.6) is 0 Å². The van der Waals surface area contributed by atoms with Crippen molar-refractivity contribution in [3.63, 3.8) is 0 Å². The normalized spacial score (nSPS) is 11.7. The Morgan fingerprint density at radius 1 is 1.44 bits per heavy atom. The third-order valence-corrected chi connectivity index (χ3v) is 2.22. The van der Waals surface area contributed by atoms with E-state index in [-0.39, 0.29) is 0 Å². The number of urea groups is 1. The molecule has 0 spiro atoms.